The molecule has 1 saturated carbocycles. The maximum absolute atomic E-state index is 6.10. The van der Waals surface area contributed by atoms with Crippen molar-refractivity contribution < 1.29 is 0 Å². The third-order valence-corrected chi connectivity index (χ3v) is 3.20. The fraction of sp³-hybridized carbons (Fsp3) is 0.923. The van der Waals surface area contributed by atoms with Crippen LogP contribution in [-0.2, 0) is 0 Å². The van der Waals surface area contributed by atoms with E-state index in [0.717, 1.165) is 31.9 Å². The van der Waals surface area contributed by atoms with Crippen molar-refractivity contribution in [2.75, 3.05) is 13.1 Å². The number of rotatable bonds is 5. The predicted octanol–water partition coefficient (Wildman–Crippen LogP) is 2.76. The highest BCUT2D eigenvalue weighted by atomic mass is 15.2. The monoisotopic (exact) mass is 225 g/mol. The van der Waals surface area contributed by atoms with Crippen LogP contribution in [0.3, 0.4) is 0 Å². The Kier molecular flexibility index (Phi) is 6.27. The quantitative estimate of drug-likeness (QED) is 0.577. The van der Waals surface area contributed by atoms with Crippen molar-refractivity contribution in [3.8, 4) is 0 Å². The Bertz CT molecular complexity index is 201. The van der Waals surface area contributed by atoms with E-state index in [2.05, 4.69) is 18.7 Å². The Morgan fingerprint density at radius 3 is 2.19 bits per heavy atom. The maximum atomic E-state index is 6.10. The molecule has 1 fully saturated rings. The molecule has 0 saturated heterocycles. The van der Waals surface area contributed by atoms with Crippen molar-refractivity contribution in [1.82, 2.24) is 4.90 Å². The van der Waals surface area contributed by atoms with Crippen LogP contribution in [-0.4, -0.2) is 30.0 Å². The SMILES string of the molecule is CCCN(CCC)C(N)=NC1CCCCC1. The van der Waals surface area contributed by atoms with E-state index >= 15 is 0 Å². The van der Waals surface area contributed by atoms with Gasteiger partial charge in [0.05, 0.1) is 6.04 Å². The molecule has 0 amide bonds. The van der Waals surface area contributed by atoms with Gasteiger partial charge in [-0.15, -0.1) is 0 Å². The minimum atomic E-state index is 0.491. The number of hydrogen-bond acceptors (Lipinski definition) is 1. The normalized spacial score (nSPS) is 18.8. The van der Waals surface area contributed by atoms with Gasteiger partial charge in [0.1, 0.15) is 0 Å². The number of aliphatic imine (C=N–C) groups is 1. The third kappa shape index (κ3) is 4.42. The molecule has 0 radical (unpaired) electrons. The molecule has 0 atom stereocenters. The zero-order valence-corrected chi connectivity index (χ0v) is 10.9. The molecule has 3 nitrogen and oxygen atoms in total. The maximum Gasteiger partial charge on any atom is 0.191 e. The molecule has 0 bridgehead atoms. The average molecular weight is 225 g/mol. The van der Waals surface area contributed by atoms with E-state index in [-0.39, 0.29) is 0 Å². The molecule has 0 heterocycles. The van der Waals surface area contributed by atoms with Gasteiger partial charge in [-0.25, -0.2) is 4.99 Å². The van der Waals surface area contributed by atoms with Gasteiger partial charge in [-0.05, 0) is 25.7 Å². The minimum Gasteiger partial charge on any atom is -0.370 e. The molecule has 0 aromatic carbocycles. The summed E-state index contributed by atoms with van der Waals surface area (Å²) >= 11 is 0. The van der Waals surface area contributed by atoms with Crippen LogP contribution in [0, 0.1) is 0 Å². The lowest BCUT2D eigenvalue weighted by Crippen LogP contribution is -2.39. The fourth-order valence-corrected chi connectivity index (χ4v) is 2.36. The standard InChI is InChI=1S/C13H27N3/c1-3-10-16(11-4-2)13(14)15-12-8-6-5-7-9-12/h12H,3-11H2,1-2H3,(H2,14,15). The first-order chi connectivity index (χ1) is 7.77. The summed E-state index contributed by atoms with van der Waals surface area (Å²) in [5.41, 5.74) is 6.10. The number of nitrogens with zero attached hydrogens (tertiary/aromatic N) is 2. The van der Waals surface area contributed by atoms with Gasteiger partial charge in [0.2, 0.25) is 0 Å². The zero-order valence-electron chi connectivity index (χ0n) is 10.9. The Morgan fingerprint density at radius 2 is 1.69 bits per heavy atom. The van der Waals surface area contributed by atoms with Crippen molar-refractivity contribution in [2.24, 2.45) is 10.7 Å². The molecule has 1 aliphatic rings. The van der Waals surface area contributed by atoms with E-state index in [1.165, 1.54) is 32.1 Å². The highest BCUT2D eigenvalue weighted by Crippen LogP contribution is 2.20. The Hall–Kier alpha value is -0.730. The summed E-state index contributed by atoms with van der Waals surface area (Å²) in [7, 11) is 0. The van der Waals surface area contributed by atoms with Crippen molar-refractivity contribution >= 4 is 5.96 Å². The van der Waals surface area contributed by atoms with Gasteiger partial charge in [-0.3, -0.25) is 0 Å². The molecular formula is C13H27N3. The highest BCUT2D eigenvalue weighted by molar-refractivity contribution is 5.78. The number of hydrogen-bond donors (Lipinski definition) is 1. The Morgan fingerprint density at radius 1 is 1.12 bits per heavy atom. The van der Waals surface area contributed by atoms with Crippen molar-refractivity contribution in [2.45, 2.75) is 64.8 Å². The van der Waals surface area contributed by atoms with E-state index in [9.17, 15) is 0 Å². The van der Waals surface area contributed by atoms with Crippen LogP contribution in [0.4, 0.5) is 0 Å². The molecule has 0 aliphatic heterocycles. The van der Waals surface area contributed by atoms with E-state index < -0.39 is 0 Å². The molecule has 94 valence electrons. The van der Waals surface area contributed by atoms with E-state index in [1.807, 2.05) is 0 Å². The van der Waals surface area contributed by atoms with Crippen molar-refractivity contribution in [3.05, 3.63) is 0 Å². The second-order valence-corrected chi connectivity index (χ2v) is 4.77. The summed E-state index contributed by atoms with van der Waals surface area (Å²) in [5, 5.41) is 0. The molecule has 0 spiro atoms. The molecule has 0 unspecified atom stereocenters. The van der Waals surface area contributed by atoms with E-state index in [4.69, 9.17) is 10.7 Å². The lowest BCUT2D eigenvalue weighted by molar-refractivity contribution is 0.395. The Labute approximate surface area is 100 Å². The van der Waals surface area contributed by atoms with Gasteiger partial charge in [0, 0.05) is 13.1 Å². The summed E-state index contributed by atoms with van der Waals surface area (Å²) in [6.07, 6.45) is 8.76. The molecule has 0 aromatic heterocycles. The Balaban J connectivity index is 2.49. The second-order valence-electron chi connectivity index (χ2n) is 4.77. The van der Waals surface area contributed by atoms with Crippen LogP contribution in [0.1, 0.15) is 58.8 Å². The smallest absolute Gasteiger partial charge is 0.191 e. The van der Waals surface area contributed by atoms with Crippen molar-refractivity contribution in [3.63, 3.8) is 0 Å². The van der Waals surface area contributed by atoms with Gasteiger partial charge in [-0.2, -0.15) is 0 Å². The molecule has 1 rings (SSSR count). The van der Waals surface area contributed by atoms with Crippen LogP contribution >= 0.6 is 0 Å². The number of guanidine groups is 1. The molecule has 2 N–H and O–H groups in total. The van der Waals surface area contributed by atoms with Crippen LogP contribution in [0.5, 0.6) is 0 Å². The third-order valence-electron chi connectivity index (χ3n) is 3.20. The zero-order chi connectivity index (χ0) is 11.8. The second kappa shape index (κ2) is 7.53. The summed E-state index contributed by atoms with van der Waals surface area (Å²) in [5.74, 6) is 0.774. The van der Waals surface area contributed by atoms with Crippen LogP contribution in [0.2, 0.25) is 0 Å². The molecule has 1 aliphatic carbocycles. The number of nitrogens with two attached hydrogens (primary N) is 1. The summed E-state index contributed by atoms with van der Waals surface area (Å²) < 4.78 is 0. The lowest BCUT2D eigenvalue weighted by Gasteiger charge is -2.25. The molecule has 3 heteroatoms. The van der Waals surface area contributed by atoms with Gasteiger partial charge >= 0.3 is 0 Å². The van der Waals surface area contributed by atoms with E-state index in [1.54, 1.807) is 0 Å². The van der Waals surface area contributed by atoms with E-state index in [0.29, 0.717) is 6.04 Å². The summed E-state index contributed by atoms with van der Waals surface area (Å²) in [4.78, 5) is 6.92. The lowest BCUT2D eigenvalue weighted by atomic mass is 9.96. The highest BCUT2D eigenvalue weighted by Gasteiger charge is 2.14. The molecular weight excluding hydrogens is 198 g/mol. The first kappa shape index (κ1) is 13.3. The fourth-order valence-electron chi connectivity index (χ4n) is 2.36. The van der Waals surface area contributed by atoms with Crippen LogP contribution in [0.15, 0.2) is 4.99 Å². The minimum absolute atomic E-state index is 0.491. The topological polar surface area (TPSA) is 41.6 Å². The summed E-state index contributed by atoms with van der Waals surface area (Å²) in [6, 6.07) is 0.491. The molecule has 16 heavy (non-hydrogen) atoms. The van der Waals surface area contributed by atoms with Gasteiger partial charge in [-0.1, -0.05) is 33.1 Å². The van der Waals surface area contributed by atoms with Crippen molar-refractivity contribution in [1.29, 1.82) is 0 Å². The van der Waals surface area contributed by atoms with Crippen LogP contribution in [0.25, 0.3) is 0 Å². The first-order valence-electron chi connectivity index (χ1n) is 6.86. The predicted molar refractivity (Wildman–Crippen MR) is 70.7 cm³/mol. The average Bonchev–Trinajstić information content (AvgIpc) is 2.30. The first-order valence-corrected chi connectivity index (χ1v) is 6.86. The van der Waals surface area contributed by atoms with Gasteiger partial charge < -0.3 is 10.6 Å². The largest absolute Gasteiger partial charge is 0.370 e. The summed E-state index contributed by atoms with van der Waals surface area (Å²) in [6.45, 7) is 6.46. The van der Waals surface area contributed by atoms with Gasteiger partial charge in [0.15, 0.2) is 5.96 Å². The van der Waals surface area contributed by atoms with Gasteiger partial charge in [0.25, 0.3) is 0 Å². The molecule has 0 aromatic rings. The van der Waals surface area contributed by atoms with Crippen LogP contribution < -0.4 is 5.73 Å².